The molecule has 8 heteroatoms. The number of thiophene rings is 1. The fourth-order valence-electron chi connectivity index (χ4n) is 2.55. The number of aliphatic carboxylic acids is 1. The molecule has 122 valence electrons. The molecule has 0 saturated carbocycles. The average Bonchev–Trinajstić information content (AvgIpc) is 2.77. The van der Waals surface area contributed by atoms with E-state index in [1.165, 1.54) is 11.0 Å². The van der Waals surface area contributed by atoms with E-state index in [4.69, 9.17) is 0 Å². The van der Waals surface area contributed by atoms with Gasteiger partial charge >= 0.3 is 12.6 Å². The molecule has 1 aliphatic heterocycles. The first-order valence-electron chi connectivity index (χ1n) is 6.81. The quantitative estimate of drug-likeness (QED) is 0.920. The van der Waals surface area contributed by atoms with Gasteiger partial charge in [-0.2, -0.15) is 8.78 Å². The lowest BCUT2D eigenvalue weighted by molar-refractivity contribution is -0.150. The zero-order valence-corrected chi connectivity index (χ0v) is 13.1. The Morgan fingerprint density at radius 2 is 2.18 bits per heavy atom. The molecule has 1 N–H and O–H groups in total. The number of ether oxygens (including phenoxy) is 1. The number of halogens is 2. The van der Waals surface area contributed by atoms with Crippen LogP contribution in [-0.2, 0) is 4.79 Å². The molecule has 2 rings (SSSR count). The summed E-state index contributed by atoms with van der Waals surface area (Å²) in [5.41, 5.74) is -1.01. The maximum absolute atomic E-state index is 12.5. The minimum absolute atomic E-state index is 0.0617. The summed E-state index contributed by atoms with van der Waals surface area (Å²) in [5.74, 6) is -1.57. The molecule has 1 amide bonds. The zero-order chi connectivity index (χ0) is 16.5. The van der Waals surface area contributed by atoms with Gasteiger partial charge in [0.25, 0.3) is 5.91 Å². The van der Waals surface area contributed by atoms with Gasteiger partial charge in [0.1, 0.15) is 10.6 Å². The van der Waals surface area contributed by atoms with E-state index in [2.05, 4.69) is 4.74 Å². The number of piperidine rings is 1. The fraction of sp³-hybridized carbons (Fsp3) is 0.571. The Hall–Kier alpha value is -1.70. The Morgan fingerprint density at radius 1 is 1.50 bits per heavy atom. The molecule has 1 aromatic rings. The standard InChI is InChI=1S/C14H17F2NO4S/c1-8-6-9(21-13(15)16)10(22-8)11(18)17-5-3-4-14(2,7-17)12(19)20/h6,13H,3-5,7H2,1-2H3,(H,19,20). The van der Waals surface area contributed by atoms with E-state index in [0.717, 1.165) is 11.3 Å². The van der Waals surface area contributed by atoms with Crippen LogP contribution in [0.1, 0.15) is 34.3 Å². The van der Waals surface area contributed by atoms with Crippen molar-refractivity contribution in [3.63, 3.8) is 0 Å². The maximum atomic E-state index is 12.5. The van der Waals surface area contributed by atoms with Gasteiger partial charge in [0.05, 0.1) is 5.41 Å². The molecule has 0 bridgehead atoms. The second kappa shape index (κ2) is 6.20. The molecule has 2 heterocycles. The Labute approximate surface area is 130 Å². The topological polar surface area (TPSA) is 66.8 Å². The van der Waals surface area contributed by atoms with Gasteiger partial charge in [-0.25, -0.2) is 0 Å². The van der Waals surface area contributed by atoms with Crippen LogP contribution in [0, 0.1) is 12.3 Å². The van der Waals surface area contributed by atoms with Crippen LogP contribution in [0.15, 0.2) is 6.07 Å². The van der Waals surface area contributed by atoms with Crippen molar-refractivity contribution in [1.29, 1.82) is 0 Å². The number of likely N-dealkylation sites (tertiary alicyclic amines) is 1. The number of nitrogens with zero attached hydrogens (tertiary/aromatic N) is 1. The number of aryl methyl sites for hydroxylation is 1. The van der Waals surface area contributed by atoms with Crippen LogP contribution in [-0.4, -0.2) is 41.6 Å². The highest BCUT2D eigenvalue weighted by molar-refractivity contribution is 7.14. The van der Waals surface area contributed by atoms with Gasteiger partial charge in [-0.3, -0.25) is 9.59 Å². The monoisotopic (exact) mass is 333 g/mol. The normalized spacial score (nSPS) is 22.0. The largest absolute Gasteiger partial charge is 0.481 e. The number of amides is 1. The van der Waals surface area contributed by atoms with Crippen molar-refractivity contribution in [1.82, 2.24) is 4.90 Å². The first-order chi connectivity index (χ1) is 10.2. The van der Waals surface area contributed by atoms with Crippen LogP contribution in [0.4, 0.5) is 8.78 Å². The molecule has 0 aliphatic carbocycles. The van der Waals surface area contributed by atoms with Crippen LogP contribution in [0.25, 0.3) is 0 Å². The molecule has 1 unspecified atom stereocenters. The molecular formula is C14H17F2NO4S. The van der Waals surface area contributed by atoms with Crippen molar-refractivity contribution in [3.8, 4) is 5.75 Å². The van der Waals surface area contributed by atoms with Crippen LogP contribution < -0.4 is 4.74 Å². The van der Waals surface area contributed by atoms with Gasteiger partial charge in [-0.05, 0) is 32.8 Å². The highest BCUT2D eigenvalue weighted by Crippen LogP contribution is 2.35. The second-order valence-electron chi connectivity index (χ2n) is 5.63. The Balaban J connectivity index is 2.23. The molecule has 5 nitrogen and oxygen atoms in total. The van der Waals surface area contributed by atoms with Gasteiger partial charge in [-0.1, -0.05) is 0 Å². The summed E-state index contributed by atoms with van der Waals surface area (Å²) in [6, 6.07) is 1.39. The summed E-state index contributed by atoms with van der Waals surface area (Å²) in [6.45, 7) is 0.743. The predicted molar refractivity (Wildman–Crippen MR) is 76.6 cm³/mol. The highest BCUT2D eigenvalue weighted by atomic mass is 32.1. The summed E-state index contributed by atoms with van der Waals surface area (Å²) in [4.78, 5) is 26.1. The third kappa shape index (κ3) is 3.37. The molecule has 0 aromatic carbocycles. The van der Waals surface area contributed by atoms with Crippen molar-refractivity contribution < 1.29 is 28.2 Å². The minimum Gasteiger partial charge on any atom is -0.481 e. The van der Waals surface area contributed by atoms with E-state index in [0.29, 0.717) is 24.3 Å². The van der Waals surface area contributed by atoms with Crippen LogP contribution >= 0.6 is 11.3 Å². The molecule has 0 spiro atoms. The van der Waals surface area contributed by atoms with Crippen molar-refractivity contribution >= 4 is 23.2 Å². The number of rotatable bonds is 4. The minimum atomic E-state index is -3.01. The zero-order valence-electron chi connectivity index (χ0n) is 12.3. The summed E-state index contributed by atoms with van der Waals surface area (Å²) >= 11 is 1.07. The van der Waals surface area contributed by atoms with Crippen LogP contribution in [0.3, 0.4) is 0 Å². The summed E-state index contributed by atoms with van der Waals surface area (Å²) in [7, 11) is 0. The Morgan fingerprint density at radius 3 is 2.77 bits per heavy atom. The number of carbonyl (C=O) groups is 2. The van der Waals surface area contributed by atoms with Crippen molar-refractivity contribution in [3.05, 3.63) is 15.8 Å². The molecule has 1 atom stereocenters. The van der Waals surface area contributed by atoms with Crippen molar-refractivity contribution in [2.75, 3.05) is 13.1 Å². The third-order valence-corrected chi connectivity index (χ3v) is 4.75. The Kier molecular flexibility index (Phi) is 4.69. The fourth-order valence-corrected chi connectivity index (χ4v) is 3.47. The van der Waals surface area contributed by atoms with Crippen molar-refractivity contribution in [2.45, 2.75) is 33.3 Å². The molecule has 1 fully saturated rings. The van der Waals surface area contributed by atoms with E-state index in [-0.39, 0.29) is 17.2 Å². The van der Waals surface area contributed by atoms with Gasteiger partial charge in [0.15, 0.2) is 0 Å². The number of alkyl halides is 2. The lowest BCUT2D eigenvalue weighted by Gasteiger charge is -2.37. The van der Waals surface area contributed by atoms with E-state index >= 15 is 0 Å². The first kappa shape index (κ1) is 16.7. The lowest BCUT2D eigenvalue weighted by Crippen LogP contribution is -2.48. The molecule has 1 saturated heterocycles. The smallest absolute Gasteiger partial charge is 0.387 e. The number of carbonyl (C=O) groups excluding carboxylic acids is 1. The Bertz CT molecular complexity index is 589. The summed E-state index contributed by atoms with van der Waals surface area (Å²) in [5, 5.41) is 9.29. The van der Waals surface area contributed by atoms with E-state index < -0.39 is 23.9 Å². The van der Waals surface area contributed by atoms with Crippen molar-refractivity contribution in [2.24, 2.45) is 5.41 Å². The molecule has 0 radical (unpaired) electrons. The number of carboxylic acid groups (broad SMARTS) is 1. The second-order valence-corrected chi connectivity index (χ2v) is 6.88. The number of hydrogen-bond acceptors (Lipinski definition) is 4. The molecular weight excluding hydrogens is 316 g/mol. The van der Waals surface area contributed by atoms with E-state index in [1.807, 2.05) is 0 Å². The lowest BCUT2D eigenvalue weighted by atomic mass is 9.82. The van der Waals surface area contributed by atoms with Gasteiger partial charge < -0.3 is 14.7 Å². The van der Waals surface area contributed by atoms with Crippen LogP contribution in [0.2, 0.25) is 0 Å². The number of hydrogen-bond donors (Lipinski definition) is 1. The van der Waals surface area contributed by atoms with Gasteiger partial charge in [-0.15, -0.1) is 11.3 Å². The maximum Gasteiger partial charge on any atom is 0.387 e. The van der Waals surface area contributed by atoms with Crippen LogP contribution in [0.5, 0.6) is 5.75 Å². The van der Waals surface area contributed by atoms with Gasteiger partial charge in [0.2, 0.25) is 0 Å². The summed E-state index contributed by atoms with van der Waals surface area (Å²) < 4.78 is 29.2. The first-order valence-corrected chi connectivity index (χ1v) is 7.62. The summed E-state index contributed by atoms with van der Waals surface area (Å²) in [6.07, 6.45) is 1.04. The third-order valence-electron chi connectivity index (χ3n) is 3.73. The number of carboxylic acids is 1. The SMILES string of the molecule is Cc1cc(OC(F)F)c(C(=O)N2CCCC(C)(C(=O)O)C2)s1. The highest BCUT2D eigenvalue weighted by Gasteiger charge is 2.40. The molecule has 1 aliphatic rings. The van der Waals surface area contributed by atoms with E-state index in [9.17, 15) is 23.5 Å². The predicted octanol–water partition coefficient (Wildman–Crippen LogP) is 2.98. The van der Waals surface area contributed by atoms with E-state index in [1.54, 1.807) is 13.8 Å². The average molecular weight is 333 g/mol. The molecule has 22 heavy (non-hydrogen) atoms. The molecule has 1 aromatic heterocycles. The van der Waals surface area contributed by atoms with Gasteiger partial charge in [0, 0.05) is 18.0 Å².